The molecule has 1 aliphatic heterocycles. The van der Waals surface area contributed by atoms with Gasteiger partial charge in [-0.3, -0.25) is 0 Å². The van der Waals surface area contributed by atoms with Gasteiger partial charge in [0.25, 0.3) is 0 Å². The van der Waals surface area contributed by atoms with Gasteiger partial charge in [0.1, 0.15) is 0 Å². The SMILES string of the molecule is O=C(O)C=Cc1ccc2c(c1)CN(C(=O)O)CC2. The van der Waals surface area contributed by atoms with Gasteiger partial charge < -0.3 is 15.1 Å². The zero-order valence-electron chi connectivity index (χ0n) is 9.67. The smallest absolute Gasteiger partial charge is 0.407 e. The van der Waals surface area contributed by atoms with Crippen LogP contribution in [0.2, 0.25) is 0 Å². The first-order valence-corrected chi connectivity index (χ1v) is 5.57. The summed E-state index contributed by atoms with van der Waals surface area (Å²) >= 11 is 0. The predicted octanol–water partition coefficient (Wildman–Crippen LogP) is 1.82. The third-order valence-electron chi connectivity index (χ3n) is 2.93. The van der Waals surface area contributed by atoms with Gasteiger partial charge in [0, 0.05) is 19.2 Å². The van der Waals surface area contributed by atoms with E-state index in [0.29, 0.717) is 19.5 Å². The van der Waals surface area contributed by atoms with E-state index in [2.05, 4.69) is 0 Å². The number of benzene rings is 1. The van der Waals surface area contributed by atoms with Gasteiger partial charge in [-0.15, -0.1) is 0 Å². The van der Waals surface area contributed by atoms with E-state index in [1.54, 1.807) is 0 Å². The van der Waals surface area contributed by atoms with Crippen LogP contribution < -0.4 is 0 Å². The number of carboxylic acid groups (broad SMARTS) is 2. The van der Waals surface area contributed by atoms with Crippen molar-refractivity contribution in [1.82, 2.24) is 4.90 Å². The molecule has 0 aliphatic carbocycles. The Hall–Kier alpha value is -2.30. The molecule has 0 radical (unpaired) electrons. The number of carbonyl (C=O) groups is 2. The first kappa shape index (κ1) is 12.2. The maximum absolute atomic E-state index is 10.9. The summed E-state index contributed by atoms with van der Waals surface area (Å²) in [5.74, 6) is -1.00. The highest BCUT2D eigenvalue weighted by molar-refractivity contribution is 5.85. The van der Waals surface area contributed by atoms with Crippen LogP contribution >= 0.6 is 0 Å². The van der Waals surface area contributed by atoms with Crippen LogP contribution in [0.5, 0.6) is 0 Å². The molecule has 0 saturated carbocycles. The highest BCUT2D eigenvalue weighted by Crippen LogP contribution is 2.21. The molecule has 1 heterocycles. The molecule has 1 aromatic rings. The molecule has 0 aromatic heterocycles. The highest BCUT2D eigenvalue weighted by Gasteiger charge is 2.19. The number of aliphatic carboxylic acids is 1. The van der Waals surface area contributed by atoms with Crippen LogP contribution in [-0.4, -0.2) is 33.7 Å². The Morgan fingerprint density at radius 3 is 2.67 bits per heavy atom. The zero-order chi connectivity index (χ0) is 13.1. The van der Waals surface area contributed by atoms with Crippen LogP contribution in [0.3, 0.4) is 0 Å². The van der Waals surface area contributed by atoms with Crippen LogP contribution in [0.15, 0.2) is 24.3 Å². The summed E-state index contributed by atoms with van der Waals surface area (Å²) in [4.78, 5) is 22.7. The summed E-state index contributed by atoms with van der Waals surface area (Å²) < 4.78 is 0. The minimum Gasteiger partial charge on any atom is -0.478 e. The second kappa shape index (κ2) is 4.91. The fourth-order valence-corrected chi connectivity index (χ4v) is 2.01. The van der Waals surface area contributed by atoms with Gasteiger partial charge in [0.2, 0.25) is 0 Å². The third kappa shape index (κ3) is 2.68. The van der Waals surface area contributed by atoms with Gasteiger partial charge in [0.15, 0.2) is 0 Å². The molecule has 1 aromatic carbocycles. The van der Waals surface area contributed by atoms with Crippen LogP contribution in [-0.2, 0) is 17.8 Å². The number of fused-ring (bicyclic) bond motifs is 1. The van der Waals surface area contributed by atoms with E-state index in [9.17, 15) is 9.59 Å². The van der Waals surface area contributed by atoms with Gasteiger partial charge in [-0.05, 0) is 35.3 Å². The van der Waals surface area contributed by atoms with E-state index in [-0.39, 0.29) is 0 Å². The molecule has 0 bridgehead atoms. The molecular formula is C13H13NO4. The van der Waals surface area contributed by atoms with Crippen molar-refractivity contribution in [3.8, 4) is 0 Å². The summed E-state index contributed by atoms with van der Waals surface area (Å²) in [5, 5.41) is 17.5. The van der Waals surface area contributed by atoms with Gasteiger partial charge in [-0.2, -0.15) is 0 Å². The number of amides is 1. The fourth-order valence-electron chi connectivity index (χ4n) is 2.01. The van der Waals surface area contributed by atoms with Crippen molar-refractivity contribution in [3.63, 3.8) is 0 Å². The van der Waals surface area contributed by atoms with Gasteiger partial charge in [-0.25, -0.2) is 9.59 Å². The Kier molecular flexibility index (Phi) is 3.32. The molecule has 1 aliphatic rings. The first-order valence-electron chi connectivity index (χ1n) is 5.57. The van der Waals surface area contributed by atoms with Gasteiger partial charge in [0.05, 0.1) is 0 Å². The Morgan fingerprint density at radius 2 is 2.00 bits per heavy atom. The molecule has 2 rings (SSSR count). The van der Waals surface area contributed by atoms with E-state index < -0.39 is 12.1 Å². The summed E-state index contributed by atoms with van der Waals surface area (Å²) in [6.45, 7) is 0.867. The monoisotopic (exact) mass is 247 g/mol. The molecule has 94 valence electrons. The molecule has 2 N–H and O–H groups in total. The molecule has 1 amide bonds. The Bertz CT molecular complexity index is 522. The number of hydrogen-bond donors (Lipinski definition) is 2. The highest BCUT2D eigenvalue weighted by atomic mass is 16.4. The minimum atomic E-state index is -1.00. The summed E-state index contributed by atoms with van der Waals surface area (Å²) in [6, 6.07) is 5.61. The van der Waals surface area contributed by atoms with Crippen molar-refractivity contribution < 1.29 is 19.8 Å². The first-order chi connectivity index (χ1) is 8.56. The van der Waals surface area contributed by atoms with Crippen LogP contribution in [0.4, 0.5) is 4.79 Å². The maximum atomic E-state index is 10.9. The lowest BCUT2D eigenvalue weighted by atomic mass is 9.97. The number of hydrogen-bond acceptors (Lipinski definition) is 2. The van der Waals surface area contributed by atoms with E-state index in [1.807, 2.05) is 18.2 Å². The topological polar surface area (TPSA) is 77.8 Å². The summed E-state index contributed by atoms with van der Waals surface area (Å²) in [6.07, 6.45) is 2.35. The molecule has 0 unspecified atom stereocenters. The molecule has 0 fully saturated rings. The number of carboxylic acids is 1. The van der Waals surface area contributed by atoms with Crippen molar-refractivity contribution in [2.75, 3.05) is 6.54 Å². The Morgan fingerprint density at radius 1 is 1.22 bits per heavy atom. The standard InChI is InChI=1S/C13H13NO4/c15-12(16)4-2-9-1-3-10-5-6-14(13(17)18)8-11(10)7-9/h1-4,7H,5-6,8H2,(H,15,16)(H,17,18). The third-order valence-corrected chi connectivity index (χ3v) is 2.93. The van der Waals surface area contributed by atoms with Crippen LogP contribution in [0.1, 0.15) is 16.7 Å². The number of nitrogens with zero attached hydrogens (tertiary/aromatic N) is 1. The minimum absolute atomic E-state index is 0.361. The van der Waals surface area contributed by atoms with E-state index in [0.717, 1.165) is 22.8 Å². The van der Waals surface area contributed by atoms with Crippen molar-refractivity contribution >= 4 is 18.1 Å². The zero-order valence-corrected chi connectivity index (χ0v) is 9.67. The lowest BCUT2D eigenvalue weighted by Gasteiger charge is -2.26. The van der Waals surface area contributed by atoms with Crippen molar-refractivity contribution in [2.45, 2.75) is 13.0 Å². The second-order valence-corrected chi connectivity index (χ2v) is 4.15. The number of rotatable bonds is 2. The molecule has 0 saturated heterocycles. The van der Waals surface area contributed by atoms with Gasteiger partial charge >= 0.3 is 12.1 Å². The summed E-state index contributed by atoms with van der Waals surface area (Å²) in [7, 11) is 0. The molecule has 5 nitrogen and oxygen atoms in total. The van der Waals surface area contributed by atoms with Crippen molar-refractivity contribution in [3.05, 3.63) is 41.0 Å². The predicted molar refractivity (Wildman–Crippen MR) is 65.3 cm³/mol. The van der Waals surface area contributed by atoms with Crippen molar-refractivity contribution in [1.29, 1.82) is 0 Å². The van der Waals surface area contributed by atoms with Gasteiger partial charge in [-0.1, -0.05) is 12.1 Å². The van der Waals surface area contributed by atoms with E-state index in [4.69, 9.17) is 10.2 Å². The average molecular weight is 247 g/mol. The lowest BCUT2D eigenvalue weighted by molar-refractivity contribution is -0.131. The Labute approximate surface area is 104 Å². The Balaban J connectivity index is 2.23. The molecule has 5 heteroatoms. The maximum Gasteiger partial charge on any atom is 0.407 e. The van der Waals surface area contributed by atoms with E-state index >= 15 is 0 Å². The fraction of sp³-hybridized carbons (Fsp3) is 0.231. The molecule has 0 atom stereocenters. The van der Waals surface area contributed by atoms with E-state index in [1.165, 1.54) is 11.0 Å². The van der Waals surface area contributed by atoms with Crippen molar-refractivity contribution in [2.24, 2.45) is 0 Å². The van der Waals surface area contributed by atoms with Crippen LogP contribution in [0.25, 0.3) is 6.08 Å². The second-order valence-electron chi connectivity index (χ2n) is 4.15. The lowest BCUT2D eigenvalue weighted by Crippen LogP contribution is -2.34. The average Bonchev–Trinajstić information content (AvgIpc) is 2.35. The normalized spacial score (nSPS) is 14.6. The summed E-state index contributed by atoms with van der Waals surface area (Å²) in [5.41, 5.74) is 2.83. The molecule has 18 heavy (non-hydrogen) atoms. The molecule has 0 spiro atoms. The largest absolute Gasteiger partial charge is 0.478 e. The quantitative estimate of drug-likeness (QED) is 0.781. The molecular weight excluding hydrogens is 234 g/mol. The van der Waals surface area contributed by atoms with Crippen LogP contribution in [0, 0.1) is 0 Å².